The number of rotatable bonds is 7. The van der Waals surface area contributed by atoms with Crippen molar-refractivity contribution in [1.29, 1.82) is 0 Å². The number of anilines is 1. The number of unbranched alkanes of at least 4 members (excludes halogenated alkanes) is 1. The quantitative estimate of drug-likeness (QED) is 0.614. The predicted molar refractivity (Wildman–Crippen MR) is 108 cm³/mol. The highest BCUT2D eigenvalue weighted by Gasteiger charge is 2.11. The molecular formula is C20H21N3O4S. The zero-order chi connectivity index (χ0) is 20.1. The van der Waals surface area contributed by atoms with Crippen molar-refractivity contribution in [1.82, 2.24) is 9.38 Å². The van der Waals surface area contributed by atoms with Crippen LogP contribution in [0.3, 0.4) is 0 Å². The molecule has 0 aliphatic heterocycles. The van der Waals surface area contributed by atoms with E-state index in [-0.39, 0.29) is 18.1 Å². The van der Waals surface area contributed by atoms with E-state index in [0.717, 1.165) is 18.5 Å². The molecule has 0 atom stereocenters. The van der Waals surface area contributed by atoms with Crippen LogP contribution in [0.4, 0.5) is 5.69 Å². The average molecular weight is 399 g/mol. The third-order valence-corrected chi connectivity index (χ3v) is 5.09. The van der Waals surface area contributed by atoms with Gasteiger partial charge in [-0.3, -0.25) is 14.0 Å². The number of aromatic nitrogens is 2. The summed E-state index contributed by atoms with van der Waals surface area (Å²) in [5.74, 6) is -0.568. The van der Waals surface area contributed by atoms with E-state index in [1.807, 2.05) is 19.2 Å². The molecule has 0 bridgehead atoms. The van der Waals surface area contributed by atoms with Crippen molar-refractivity contribution in [2.24, 2.45) is 0 Å². The molecule has 1 N–H and O–H groups in total. The summed E-state index contributed by atoms with van der Waals surface area (Å²) in [5, 5.41) is 4.64. The minimum Gasteiger partial charge on any atom is -0.456 e. The molecule has 7 nitrogen and oxygen atoms in total. The largest absolute Gasteiger partial charge is 0.456 e. The molecular weight excluding hydrogens is 378 g/mol. The maximum absolute atomic E-state index is 12.2. The Morgan fingerprint density at radius 3 is 2.71 bits per heavy atom. The Bertz CT molecular complexity index is 1050. The van der Waals surface area contributed by atoms with E-state index >= 15 is 0 Å². The number of ether oxygens (including phenoxy) is 1. The fraction of sp³-hybridized carbons (Fsp3) is 0.300. The van der Waals surface area contributed by atoms with Crippen LogP contribution in [0, 0.1) is 6.92 Å². The zero-order valence-corrected chi connectivity index (χ0v) is 16.5. The number of carbonyl (C=O) groups excluding carboxylic acids is 2. The Hall–Kier alpha value is -3.00. The number of aryl methyl sites for hydroxylation is 1. The number of carbonyl (C=O) groups is 2. The van der Waals surface area contributed by atoms with E-state index in [0.29, 0.717) is 28.3 Å². The number of fused-ring (bicyclic) bond motifs is 1. The molecule has 146 valence electrons. The summed E-state index contributed by atoms with van der Waals surface area (Å²) in [4.78, 5) is 41.0. The zero-order valence-electron chi connectivity index (χ0n) is 15.7. The number of nitrogens with zero attached hydrogens (tertiary/aromatic N) is 2. The lowest BCUT2D eigenvalue weighted by Crippen LogP contribution is -2.16. The summed E-state index contributed by atoms with van der Waals surface area (Å²) in [6, 6.07) is 7.86. The van der Waals surface area contributed by atoms with Gasteiger partial charge in [0.05, 0.1) is 11.3 Å². The number of esters is 1. The Balaban J connectivity index is 1.60. The van der Waals surface area contributed by atoms with Crippen molar-refractivity contribution in [3.63, 3.8) is 0 Å². The molecule has 1 amide bonds. The SMILES string of the molecule is CCCCC(=O)Nc1ccc(C(=O)OCc2cc(=O)n3c(C)csc3n2)cc1. The summed E-state index contributed by atoms with van der Waals surface area (Å²) in [6.45, 7) is 3.78. The maximum atomic E-state index is 12.2. The van der Waals surface area contributed by atoms with Gasteiger partial charge in [0, 0.05) is 29.2 Å². The minimum absolute atomic E-state index is 0.0475. The topological polar surface area (TPSA) is 89.8 Å². The van der Waals surface area contributed by atoms with Gasteiger partial charge in [-0.15, -0.1) is 11.3 Å². The fourth-order valence-corrected chi connectivity index (χ4v) is 3.54. The third-order valence-electron chi connectivity index (χ3n) is 4.14. The van der Waals surface area contributed by atoms with E-state index in [4.69, 9.17) is 4.74 Å². The standard InChI is InChI=1S/C20H21N3O4S/c1-3-4-5-17(24)21-15-8-6-14(7-9-15)19(26)27-11-16-10-18(25)23-13(2)12-28-20(23)22-16/h6-10,12H,3-5,11H2,1-2H3,(H,21,24). The first-order valence-electron chi connectivity index (χ1n) is 9.01. The first-order valence-corrected chi connectivity index (χ1v) is 9.89. The molecule has 0 aliphatic carbocycles. The first-order chi connectivity index (χ1) is 13.5. The summed E-state index contributed by atoms with van der Waals surface area (Å²) in [6.07, 6.45) is 2.27. The van der Waals surface area contributed by atoms with Gasteiger partial charge in [0.25, 0.3) is 5.56 Å². The Kier molecular flexibility index (Phi) is 6.20. The lowest BCUT2D eigenvalue weighted by Gasteiger charge is -2.07. The fourth-order valence-electron chi connectivity index (χ4n) is 2.65. The summed E-state index contributed by atoms with van der Waals surface area (Å²) >= 11 is 1.36. The van der Waals surface area contributed by atoms with Gasteiger partial charge in [0.2, 0.25) is 5.91 Å². The van der Waals surface area contributed by atoms with Gasteiger partial charge in [-0.25, -0.2) is 9.78 Å². The van der Waals surface area contributed by atoms with Crippen LogP contribution < -0.4 is 10.9 Å². The highest BCUT2D eigenvalue weighted by molar-refractivity contribution is 7.15. The van der Waals surface area contributed by atoms with E-state index in [1.165, 1.54) is 21.8 Å². The molecule has 0 spiro atoms. The molecule has 8 heteroatoms. The second-order valence-electron chi connectivity index (χ2n) is 6.39. The molecule has 2 heterocycles. The van der Waals surface area contributed by atoms with Gasteiger partial charge >= 0.3 is 5.97 Å². The third kappa shape index (κ3) is 4.64. The number of thiazole rings is 1. The van der Waals surface area contributed by atoms with Crippen LogP contribution in [0.15, 0.2) is 40.5 Å². The van der Waals surface area contributed by atoms with Crippen molar-refractivity contribution < 1.29 is 14.3 Å². The number of hydrogen-bond donors (Lipinski definition) is 1. The van der Waals surface area contributed by atoms with E-state index in [2.05, 4.69) is 10.3 Å². The smallest absolute Gasteiger partial charge is 0.338 e. The van der Waals surface area contributed by atoms with Gasteiger partial charge in [-0.05, 0) is 37.6 Å². The average Bonchev–Trinajstić information content (AvgIpc) is 3.06. The molecule has 2 aromatic heterocycles. The van der Waals surface area contributed by atoms with E-state index in [9.17, 15) is 14.4 Å². The number of amides is 1. The summed E-state index contributed by atoms with van der Waals surface area (Å²) in [7, 11) is 0. The maximum Gasteiger partial charge on any atom is 0.338 e. The molecule has 0 fully saturated rings. The summed E-state index contributed by atoms with van der Waals surface area (Å²) < 4.78 is 6.78. The lowest BCUT2D eigenvalue weighted by atomic mass is 10.2. The number of nitrogens with one attached hydrogen (secondary N) is 1. The summed E-state index contributed by atoms with van der Waals surface area (Å²) in [5.41, 5.74) is 2.02. The van der Waals surface area contributed by atoms with Crippen molar-refractivity contribution in [3.05, 3.63) is 63.0 Å². The molecule has 1 aromatic carbocycles. The molecule has 3 rings (SSSR count). The van der Waals surface area contributed by atoms with Gasteiger partial charge in [-0.1, -0.05) is 13.3 Å². The highest BCUT2D eigenvalue weighted by atomic mass is 32.1. The molecule has 3 aromatic rings. The molecule has 0 saturated carbocycles. The molecule has 0 saturated heterocycles. The Labute approximate surface area is 166 Å². The first kappa shape index (κ1) is 19.8. The van der Waals surface area contributed by atoms with Gasteiger partial charge in [0.1, 0.15) is 6.61 Å². The van der Waals surface area contributed by atoms with Crippen molar-refractivity contribution in [3.8, 4) is 0 Å². The van der Waals surface area contributed by atoms with Crippen molar-refractivity contribution in [2.75, 3.05) is 5.32 Å². The van der Waals surface area contributed by atoms with Crippen LogP contribution in [0.25, 0.3) is 4.96 Å². The normalized spacial score (nSPS) is 10.8. The van der Waals surface area contributed by atoms with Crippen LogP contribution in [-0.4, -0.2) is 21.3 Å². The van der Waals surface area contributed by atoms with Crippen molar-refractivity contribution in [2.45, 2.75) is 39.7 Å². The lowest BCUT2D eigenvalue weighted by molar-refractivity contribution is -0.116. The van der Waals surface area contributed by atoms with Gasteiger partial charge in [0.15, 0.2) is 4.96 Å². The van der Waals surface area contributed by atoms with Crippen LogP contribution in [-0.2, 0) is 16.1 Å². The van der Waals surface area contributed by atoms with Crippen molar-refractivity contribution >= 4 is 33.9 Å². The minimum atomic E-state index is -0.520. The molecule has 28 heavy (non-hydrogen) atoms. The van der Waals surface area contributed by atoms with E-state index < -0.39 is 5.97 Å². The van der Waals surface area contributed by atoms with E-state index in [1.54, 1.807) is 24.3 Å². The van der Waals surface area contributed by atoms with Gasteiger partial charge < -0.3 is 10.1 Å². The van der Waals surface area contributed by atoms with Crippen LogP contribution in [0.1, 0.15) is 47.9 Å². The Morgan fingerprint density at radius 2 is 2.00 bits per heavy atom. The molecule has 0 radical (unpaired) electrons. The second-order valence-corrected chi connectivity index (χ2v) is 7.22. The van der Waals surface area contributed by atoms with Crippen LogP contribution in [0.2, 0.25) is 0 Å². The molecule has 0 unspecified atom stereocenters. The number of benzene rings is 1. The van der Waals surface area contributed by atoms with Gasteiger partial charge in [-0.2, -0.15) is 0 Å². The Morgan fingerprint density at radius 1 is 1.25 bits per heavy atom. The highest BCUT2D eigenvalue weighted by Crippen LogP contribution is 2.14. The monoisotopic (exact) mass is 399 g/mol. The van der Waals surface area contributed by atoms with Crippen LogP contribution in [0.5, 0.6) is 0 Å². The second kappa shape index (κ2) is 8.79. The van der Waals surface area contributed by atoms with Crippen LogP contribution >= 0.6 is 11.3 Å². The predicted octanol–water partition coefficient (Wildman–Crippen LogP) is 3.55. The molecule has 0 aliphatic rings. The number of hydrogen-bond acceptors (Lipinski definition) is 6.